The van der Waals surface area contributed by atoms with Gasteiger partial charge in [-0.2, -0.15) is 0 Å². The number of pyridine rings is 1. The molecule has 19 heavy (non-hydrogen) atoms. The van der Waals surface area contributed by atoms with Gasteiger partial charge < -0.3 is 4.74 Å². The summed E-state index contributed by atoms with van der Waals surface area (Å²) in [5.74, 6) is 1.64. The van der Waals surface area contributed by atoms with Gasteiger partial charge in [-0.3, -0.25) is 0 Å². The first-order chi connectivity index (χ1) is 9.28. The Morgan fingerprint density at radius 3 is 2.74 bits per heavy atom. The number of hydrogen-bond donors (Lipinski definition) is 0. The fourth-order valence-corrected chi connectivity index (χ4v) is 2.25. The summed E-state index contributed by atoms with van der Waals surface area (Å²) in [7, 11) is 1.66. The lowest BCUT2D eigenvalue weighted by atomic mass is 10.1. The third-order valence-corrected chi connectivity index (χ3v) is 3.11. The van der Waals surface area contributed by atoms with Crippen molar-refractivity contribution in [1.82, 2.24) is 14.6 Å². The van der Waals surface area contributed by atoms with Gasteiger partial charge in [-0.05, 0) is 24.6 Å². The SMILES string of the molecule is COc1cccc2nnc(Cc3cccc(C)c3)n12. The highest BCUT2D eigenvalue weighted by molar-refractivity contribution is 5.42. The summed E-state index contributed by atoms with van der Waals surface area (Å²) in [5, 5.41) is 8.44. The van der Waals surface area contributed by atoms with Gasteiger partial charge in [-0.15, -0.1) is 10.2 Å². The zero-order valence-corrected chi connectivity index (χ0v) is 11.0. The molecule has 0 saturated heterocycles. The summed E-state index contributed by atoms with van der Waals surface area (Å²) in [4.78, 5) is 0. The van der Waals surface area contributed by atoms with E-state index in [-0.39, 0.29) is 0 Å². The molecular weight excluding hydrogens is 238 g/mol. The Bertz CT molecular complexity index is 718. The summed E-state index contributed by atoms with van der Waals surface area (Å²) in [6.07, 6.45) is 0.739. The van der Waals surface area contributed by atoms with E-state index in [4.69, 9.17) is 4.74 Å². The number of methoxy groups -OCH3 is 1. The lowest BCUT2D eigenvalue weighted by Gasteiger charge is -2.06. The largest absolute Gasteiger partial charge is 0.482 e. The molecule has 4 nitrogen and oxygen atoms in total. The number of ether oxygens (including phenoxy) is 1. The van der Waals surface area contributed by atoms with Crippen LogP contribution >= 0.6 is 0 Å². The molecule has 0 aliphatic heterocycles. The van der Waals surface area contributed by atoms with Crippen LogP contribution in [0.3, 0.4) is 0 Å². The zero-order chi connectivity index (χ0) is 13.2. The van der Waals surface area contributed by atoms with Crippen molar-refractivity contribution >= 4 is 5.65 Å². The van der Waals surface area contributed by atoms with Crippen molar-refractivity contribution in [2.45, 2.75) is 13.3 Å². The molecule has 0 radical (unpaired) electrons. The lowest BCUT2D eigenvalue weighted by Crippen LogP contribution is -2.00. The monoisotopic (exact) mass is 253 g/mol. The van der Waals surface area contributed by atoms with Crippen molar-refractivity contribution in [3.05, 3.63) is 59.4 Å². The van der Waals surface area contributed by atoms with Gasteiger partial charge >= 0.3 is 0 Å². The van der Waals surface area contributed by atoms with E-state index in [9.17, 15) is 0 Å². The van der Waals surface area contributed by atoms with Crippen molar-refractivity contribution < 1.29 is 4.74 Å². The number of aromatic nitrogens is 3. The predicted octanol–water partition coefficient (Wildman–Crippen LogP) is 2.64. The Labute approximate surface area is 111 Å². The molecular formula is C15H15N3O. The fraction of sp³-hybridized carbons (Fsp3) is 0.200. The minimum atomic E-state index is 0.739. The van der Waals surface area contributed by atoms with E-state index in [0.717, 1.165) is 23.8 Å². The van der Waals surface area contributed by atoms with Crippen LogP contribution < -0.4 is 4.74 Å². The van der Waals surface area contributed by atoms with Crippen LogP contribution in [0.4, 0.5) is 0 Å². The first kappa shape index (κ1) is 11.7. The van der Waals surface area contributed by atoms with Crippen molar-refractivity contribution in [2.24, 2.45) is 0 Å². The van der Waals surface area contributed by atoms with Crippen LogP contribution in [0.25, 0.3) is 5.65 Å². The third-order valence-electron chi connectivity index (χ3n) is 3.11. The highest BCUT2D eigenvalue weighted by atomic mass is 16.5. The number of hydrogen-bond acceptors (Lipinski definition) is 3. The maximum absolute atomic E-state index is 5.37. The molecule has 4 heteroatoms. The molecule has 1 aromatic carbocycles. The van der Waals surface area contributed by atoms with Gasteiger partial charge in [0.15, 0.2) is 5.65 Å². The van der Waals surface area contributed by atoms with Crippen molar-refractivity contribution in [3.63, 3.8) is 0 Å². The van der Waals surface area contributed by atoms with Crippen LogP contribution in [0.5, 0.6) is 5.88 Å². The molecule has 0 unspecified atom stereocenters. The van der Waals surface area contributed by atoms with Crippen LogP contribution in [-0.2, 0) is 6.42 Å². The molecule has 0 aliphatic carbocycles. The standard InChI is InChI=1S/C15H15N3O/c1-11-5-3-6-12(9-11)10-14-17-16-13-7-4-8-15(19-2)18(13)14/h3-9H,10H2,1-2H3. The average molecular weight is 253 g/mol. The summed E-state index contributed by atoms with van der Waals surface area (Å²) in [5.41, 5.74) is 3.28. The maximum Gasteiger partial charge on any atom is 0.200 e. The lowest BCUT2D eigenvalue weighted by molar-refractivity contribution is 0.390. The minimum absolute atomic E-state index is 0.739. The molecule has 96 valence electrons. The quantitative estimate of drug-likeness (QED) is 0.720. The summed E-state index contributed by atoms with van der Waals surface area (Å²) >= 11 is 0. The Morgan fingerprint density at radius 2 is 1.95 bits per heavy atom. The molecule has 0 amide bonds. The van der Waals surface area contributed by atoms with E-state index in [0.29, 0.717) is 0 Å². The Balaban J connectivity index is 2.06. The number of rotatable bonds is 3. The van der Waals surface area contributed by atoms with E-state index in [2.05, 4.69) is 41.4 Å². The number of aryl methyl sites for hydroxylation is 1. The Kier molecular flexibility index (Phi) is 2.91. The summed E-state index contributed by atoms with van der Waals surface area (Å²) in [6, 6.07) is 14.2. The van der Waals surface area contributed by atoms with Gasteiger partial charge in [-0.25, -0.2) is 4.40 Å². The van der Waals surface area contributed by atoms with Gasteiger partial charge in [0, 0.05) is 6.42 Å². The molecule has 2 heterocycles. The molecule has 0 bridgehead atoms. The highest BCUT2D eigenvalue weighted by Crippen LogP contribution is 2.17. The second kappa shape index (κ2) is 4.72. The average Bonchev–Trinajstić information content (AvgIpc) is 2.82. The Morgan fingerprint density at radius 1 is 1.11 bits per heavy atom. The van der Waals surface area contributed by atoms with Crippen molar-refractivity contribution in [3.8, 4) is 5.88 Å². The number of benzene rings is 1. The van der Waals surface area contributed by atoms with E-state index in [1.54, 1.807) is 7.11 Å². The van der Waals surface area contributed by atoms with E-state index in [1.165, 1.54) is 11.1 Å². The van der Waals surface area contributed by atoms with Crippen molar-refractivity contribution in [2.75, 3.05) is 7.11 Å². The van der Waals surface area contributed by atoms with Gasteiger partial charge in [0.25, 0.3) is 0 Å². The molecule has 0 atom stereocenters. The Hall–Kier alpha value is -2.36. The predicted molar refractivity (Wildman–Crippen MR) is 73.5 cm³/mol. The number of nitrogens with zero attached hydrogens (tertiary/aromatic N) is 3. The minimum Gasteiger partial charge on any atom is -0.482 e. The summed E-state index contributed by atoms with van der Waals surface area (Å²) < 4.78 is 7.32. The number of fused-ring (bicyclic) bond motifs is 1. The molecule has 3 aromatic rings. The van der Waals surface area contributed by atoms with Crippen molar-refractivity contribution in [1.29, 1.82) is 0 Å². The van der Waals surface area contributed by atoms with Gasteiger partial charge in [-0.1, -0.05) is 35.9 Å². The molecule has 0 saturated carbocycles. The smallest absolute Gasteiger partial charge is 0.200 e. The van der Waals surface area contributed by atoms with Gasteiger partial charge in [0.2, 0.25) is 5.88 Å². The summed E-state index contributed by atoms with van der Waals surface area (Å²) in [6.45, 7) is 2.09. The van der Waals surface area contributed by atoms with Crippen LogP contribution in [-0.4, -0.2) is 21.7 Å². The second-order valence-electron chi connectivity index (χ2n) is 4.54. The first-order valence-electron chi connectivity index (χ1n) is 6.20. The topological polar surface area (TPSA) is 39.4 Å². The second-order valence-corrected chi connectivity index (χ2v) is 4.54. The third kappa shape index (κ3) is 2.17. The van der Waals surface area contributed by atoms with Crippen LogP contribution in [0, 0.1) is 6.92 Å². The highest BCUT2D eigenvalue weighted by Gasteiger charge is 2.10. The molecule has 0 fully saturated rings. The molecule has 0 spiro atoms. The van der Waals surface area contributed by atoms with Gasteiger partial charge in [0.1, 0.15) is 5.82 Å². The van der Waals surface area contributed by atoms with Crippen LogP contribution in [0.2, 0.25) is 0 Å². The zero-order valence-electron chi connectivity index (χ0n) is 11.0. The van der Waals surface area contributed by atoms with E-state index in [1.807, 2.05) is 22.6 Å². The van der Waals surface area contributed by atoms with Crippen LogP contribution in [0.15, 0.2) is 42.5 Å². The van der Waals surface area contributed by atoms with E-state index < -0.39 is 0 Å². The van der Waals surface area contributed by atoms with Crippen LogP contribution in [0.1, 0.15) is 17.0 Å². The molecule has 0 N–H and O–H groups in total. The molecule has 3 rings (SSSR count). The normalized spacial score (nSPS) is 10.8. The molecule has 2 aromatic heterocycles. The fourth-order valence-electron chi connectivity index (χ4n) is 2.25. The first-order valence-corrected chi connectivity index (χ1v) is 6.20. The van der Waals surface area contributed by atoms with E-state index >= 15 is 0 Å². The van der Waals surface area contributed by atoms with Gasteiger partial charge in [0.05, 0.1) is 7.11 Å². The maximum atomic E-state index is 5.37. The molecule has 0 aliphatic rings.